The van der Waals surface area contributed by atoms with Crippen LogP contribution in [0.15, 0.2) is 22.8 Å². The molecule has 1 aliphatic heterocycles. The molecule has 0 spiro atoms. The molecule has 1 fully saturated rings. The molecule has 2 rings (SSSR count). The van der Waals surface area contributed by atoms with Crippen LogP contribution in [0.4, 0.5) is 0 Å². The maximum absolute atomic E-state index is 5.82. The Labute approximate surface area is 116 Å². The quantitative estimate of drug-likeness (QED) is 0.856. The molecule has 3 heteroatoms. The predicted octanol–water partition coefficient (Wildman–Crippen LogP) is 3.39. The summed E-state index contributed by atoms with van der Waals surface area (Å²) in [4.78, 5) is 0. The molecule has 1 aromatic heterocycles. The minimum absolute atomic E-state index is 0.420. The fourth-order valence-corrected chi connectivity index (χ4v) is 2.74. The molecule has 0 radical (unpaired) electrons. The minimum Gasteiger partial charge on any atom is -0.469 e. The Morgan fingerprint density at radius 1 is 1.37 bits per heavy atom. The second-order valence-electron chi connectivity index (χ2n) is 6.06. The first-order valence-corrected chi connectivity index (χ1v) is 7.55. The van der Waals surface area contributed by atoms with Gasteiger partial charge in [0.1, 0.15) is 5.76 Å². The number of hydrogen-bond donors (Lipinski definition) is 1. The lowest BCUT2D eigenvalue weighted by Crippen LogP contribution is -2.44. The average Bonchev–Trinajstić information content (AvgIpc) is 2.90. The highest BCUT2D eigenvalue weighted by Gasteiger charge is 2.25. The molecule has 1 aromatic rings. The SMILES string of the molecule is CC(CCc1ccco1)NC1CCOC(C(C)C)C1. The van der Waals surface area contributed by atoms with Crippen molar-refractivity contribution in [3.8, 4) is 0 Å². The van der Waals surface area contributed by atoms with Gasteiger partial charge in [0.25, 0.3) is 0 Å². The maximum atomic E-state index is 5.82. The van der Waals surface area contributed by atoms with Crippen LogP contribution in [0.25, 0.3) is 0 Å². The van der Waals surface area contributed by atoms with E-state index in [1.165, 1.54) is 0 Å². The van der Waals surface area contributed by atoms with Crippen molar-refractivity contribution in [1.29, 1.82) is 0 Å². The van der Waals surface area contributed by atoms with Crippen LogP contribution in [0.2, 0.25) is 0 Å². The summed E-state index contributed by atoms with van der Waals surface area (Å²) in [5, 5.41) is 3.74. The molecule has 1 aliphatic rings. The van der Waals surface area contributed by atoms with Gasteiger partial charge in [-0.1, -0.05) is 13.8 Å². The topological polar surface area (TPSA) is 34.4 Å². The van der Waals surface area contributed by atoms with Crippen LogP contribution in [0, 0.1) is 5.92 Å². The summed E-state index contributed by atoms with van der Waals surface area (Å²) in [7, 11) is 0. The van der Waals surface area contributed by atoms with Crippen LogP contribution < -0.4 is 5.32 Å². The fourth-order valence-electron chi connectivity index (χ4n) is 2.74. The molecule has 3 nitrogen and oxygen atoms in total. The molecule has 0 saturated carbocycles. The highest BCUT2D eigenvalue weighted by atomic mass is 16.5. The van der Waals surface area contributed by atoms with Crippen LogP contribution in [0.3, 0.4) is 0 Å². The van der Waals surface area contributed by atoms with Gasteiger partial charge in [0, 0.05) is 25.1 Å². The lowest BCUT2D eigenvalue weighted by Gasteiger charge is -2.34. The molecule has 3 atom stereocenters. The van der Waals surface area contributed by atoms with Crippen molar-refractivity contribution < 1.29 is 9.15 Å². The monoisotopic (exact) mass is 265 g/mol. The Bertz CT molecular complexity index is 348. The van der Waals surface area contributed by atoms with E-state index >= 15 is 0 Å². The van der Waals surface area contributed by atoms with Crippen LogP contribution in [0.5, 0.6) is 0 Å². The van der Waals surface area contributed by atoms with Gasteiger partial charge in [-0.25, -0.2) is 0 Å². The minimum atomic E-state index is 0.420. The van der Waals surface area contributed by atoms with Gasteiger partial charge >= 0.3 is 0 Å². The molecule has 1 N–H and O–H groups in total. The van der Waals surface area contributed by atoms with Crippen LogP contribution in [-0.2, 0) is 11.2 Å². The molecule has 0 bridgehead atoms. The van der Waals surface area contributed by atoms with E-state index in [0.717, 1.165) is 38.1 Å². The van der Waals surface area contributed by atoms with Crippen molar-refractivity contribution in [2.45, 2.75) is 64.6 Å². The summed E-state index contributed by atoms with van der Waals surface area (Å²) in [5.74, 6) is 1.70. The van der Waals surface area contributed by atoms with Gasteiger partial charge in [-0.05, 0) is 44.2 Å². The third kappa shape index (κ3) is 4.66. The van der Waals surface area contributed by atoms with E-state index in [4.69, 9.17) is 9.15 Å². The van der Waals surface area contributed by atoms with E-state index in [9.17, 15) is 0 Å². The number of hydrogen-bond acceptors (Lipinski definition) is 3. The summed E-state index contributed by atoms with van der Waals surface area (Å²) in [6.45, 7) is 7.65. The Balaban J connectivity index is 1.70. The Morgan fingerprint density at radius 3 is 2.89 bits per heavy atom. The van der Waals surface area contributed by atoms with Crippen molar-refractivity contribution in [2.24, 2.45) is 5.92 Å². The molecule has 2 heterocycles. The van der Waals surface area contributed by atoms with E-state index in [0.29, 0.717) is 24.1 Å². The molecular weight excluding hydrogens is 238 g/mol. The molecule has 0 aromatic carbocycles. The van der Waals surface area contributed by atoms with Gasteiger partial charge in [-0.15, -0.1) is 0 Å². The predicted molar refractivity (Wildman–Crippen MR) is 77.2 cm³/mol. The highest BCUT2D eigenvalue weighted by Crippen LogP contribution is 2.21. The zero-order chi connectivity index (χ0) is 13.7. The summed E-state index contributed by atoms with van der Waals surface area (Å²) in [6.07, 6.45) is 6.58. The Morgan fingerprint density at radius 2 is 2.21 bits per heavy atom. The number of ether oxygens (including phenoxy) is 1. The largest absolute Gasteiger partial charge is 0.469 e. The zero-order valence-corrected chi connectivity index (χ0v) is 12.4. The van der Waals surface area contributed by atoms with Gasteiger partial charge < -0.3 is 14.5 Å². The van der Waals surface area contributed by atoms with E-state index in [1.54, 1.807) is 6.26 Å². The number of rotatable bonds is 6. The lowest BCUT2D eigenvalue weighted by molar-refractivity contribution is -0.0257. The second-order valence-corrected chi connectivity index (χ2v) is 6.06. The number of aryl methyl sites for hydroxylation is 1. The van der Waals surface area contributed by atoms with Crippen molar-refractivity contribution in [3.63, 3.8) is 0 Å². The van der Waals surface area contributed by atoms with Crippen LogP contribution >= 0.6 is 0 Å². The van der Waals surface area contributed by atoms with E-state index in [2.05, 4.69) is 32.2 Å². The maximum Gasteiger partial charge on any atom is 0.103 e. The fraction of sp³-hybridized carbons (Fsp3) is 0.750. The first-order chi connectivity index (χ1) is 9.15. The molecular formula is C16H27NO2. The Kier molecular flexibility index (Phi) is 5.46. The van der Waals surface area contributed by atoms with E-state index in [1.807, 2.05) is 6.07 Å². The van der Waals surface area contributed by atoms with Gasteiger partial charge in [-0.3, -0.25) is 0 Å². The summed E-state index contributed by atoms with van der Waals surface area (Å²) < 4.78 is 11.2. The second kappa shape index (κ2) is 7.11. The average molecular weight is 265 g/mol. The molecule has 0 amide bonds. The van der Waals surface area contributed by atoms with Crippen LogP contribution in [-0.4, -0.2) is 24.8 Å². The van der Waals surface area contributed by atoms with Gasteiger partial charge in [-0.2, -0.15) is 0 Å². The number of nitrogens with one attached hydrogen (secondary N) is 1. The zero-order valence-electron chi connectivity index (χ0n) is 12.4. The summed E-state index contributed by atoms with van der Waals surface area (Å²) in [5.41, 5.74) is 0. The van der Waals surface area contributed by atoms with Gasteiger partial charge in [0.15, 0.2) is 0 Å². The van der Waals surface area contributed by atoms with E-state index in [-0.39, 0.29) is 0 Å². The molecule has 19 heavy (non-hydrogen) atoms. The first-order valence-electron chi connectivity index (χ1n) is 7.55. The van der Waals surface area contributed by atoms with Crippen molar-refractivity contribution in [1.82, 2.24) is 5.32 Å². The normalized spacial score (nSPS) is 25.7. The summed E-state index contributed by atoms with van der Waals surface area (Å²) >= 11 is 0. The van der Waals surface area contributed by atoms with E-state index < -0.39 is 0 Å². The van der Waals surface area contributed by atoms with Gasteiger partial charge in [0.2, 0.25) is 0 Å². The van der Waals surface area contributed by atoms with Crippen molar-refractivity contribution >= 4 is 0 Å². The highest BCUT2D eigenvalue weighted by molar-refractivity contribution is 4.98. The molecule has 3 unspecified atom stereocenters. The number of furan rings is 1. The van der Waals surface area contributed by atoms with Crippen molar-refractivity contribution in [2.75, 3.05) is 6.61 Å². The smallest absolute Gasteiger partial charge is 0.103 e. The molecule has 108 valence electrons. The molecule has 0 aliphatic carbocycles. The van der Waals surface area contributed by atoms with Crippen LogP contribution in [0.1, 0.15) is 45.8 Å². The Hall–Kier alpha value is -0.800. The lowest BCUT2D eigenvalue weighted by atomic mass is 9.94. The molecule has 1 saturated heterocycles. The third-order valence-electron chi connectivity index (χ3n) is 3.98. The third-order valence-corrected chi connectivity index (χ3v) is 3.98. The van der Waals surface area contributed by atoms with Gasteiger partial charge in [0.05, 0.1) is 12.4 Å². The standard InChI is InChI=1S/C16H27NO2/c1-12(2)16-11-14(8-10-19-16)17-13(3)6-7-15-5-4-9-18-15/h4-5,9,12-14,16-17H,6-8,10-11H2,1-3H3. The van der Waals surface area contributed by atoms with Crippen molar-refractivity contribution in [3.05, 3.63) is 24.2 Å². The summed E-state index contributed by atoms with van der Waals surface area (Å²) in [6, 6.07) is 5.14. The first kappa shape index (κ1) is 14.6.